The van der Waals surface area contributed by atoms with Crippen molar-refractivity contribution in [3.63, 3.8) is 0 Å². The summed E-state index contributed by atoms with van der Waals surface area (Å²) in [7, 11) is 0. The zero-order valence-electron chi connectivity index (χ0n) is 76.4. The zero-order chi connectivity index (χ0) is 82.2. The Kier molecular flexibility index (Phi) is 152. The molecule has 0 bridgehead atoms. The van der Waals surface area contributed by atoms with Crippen molar-refractivity contribution in [2.45, 2.75) is 531 Å². The van der Waals surface area contributed by atoms with Crippen LogP contribution in [0.3, 0.4) is 0 Å². The number of unbranched alkanes of at least 4 members (excludes halogenated alkanes) is 64. The first-order valence-corrected chi connectivity index (χ1v) is 51.1. The smallest absolute Gasteiger partial charge is 0.789 e. The van der Waals surface area contributed by atoms with Crippen LogP contribution in [0.2, 0.25) is 0 Å². The summed E-state index contributed by atoms with van der Waals surface area (Å²) in [5.41, 5.74) is 0. The van der Waals surface area contributed by atoms with Gasteiger partial charge in [-0.1, -0.05) is 476 Å². The molecule has 0 atom stereocenters. The molecule has 0 aromatic rings. The van der Waals surface area contributed by atoms with Crippen LogP contribution in [0.15, 0.2) is 48.6 Å². The Morgan fingerprint density at radius 3 is 0.402 bits per heavy atom. The number of hydrogen-bond acceptors (Lipinski definition) is 12. The van der Waals surface area contributed by atoms with Gasteiger partial charge in [-0.15, -0.1) is 23.0 Å². The number of carbonyl (C=O) groups is 4. The minimum Gasteiger partial charge on any atom is -0.789 e. The first-order chi connectivity index (χ1) is 55.2. The summed E-state index contributed by atoms with van der Waals surface area (Å²) in [5, 5.41) is 0. The minimum atomic E-state index is -0.128. The Morgan fingerprint density at radius 2 is 0.291 bits per heavy atom. The Bertz CT molecular complexity index is 1650. The van der Waals surface area contributed by atoms with Crippen LogP contribution in [-0.2, 0) is 88.6 Å². The minimum absolute atomic E-state index is 0. The molecule has 0 aromatic carbocycles. The van der Waals surface area contributed by atoms with Crippen LogP contribution in [0.1, 0.15) is 531 Å². The van der Waals surface area contributed by atoms with E-state index in [1.54, 1.807) is 0 Å². The molecule has 0 unspecified atom stereocenters. The van der Waals surface area contributed by atoms with Crippen LogP contribution in [0.25, 0.3) is 0 Å². The molecular formula is C102H198O8S5Sn2. The third kappa shape index (κ3) is 140. The molecule has 0 spiro atoms. The number of esters is 4. The average Bonchev–Trinajstić information content (AvgIpc) is 1.08. The van der Waals surface area contributed by atoms with E-state index in [2.05, 4.69) is 76.3 Å². The molecule has 0 fully saturated rings. The first-order valence-electron chi connectivity index (χ1n) is 48.8. The van der Waals surface area contributed by atoms with E-state index in [9.17, 15) is 19.2 Å². The van der Waals surface area contributed by atoms with Gasteiger partial charge in [0.15, 0.2) is 0 Å². The number of rotatable bonds is 88. The Morgan fingerprint density at radius 1 is 0.188 bits per heavy atom. The van der Waals surface area contributed by atoms with Crippen molar-refractivity contribution in [2.75, 3.05) is 49.4 Å². The standard InChI is InChI=1S/4C25H48O2S.2CH4.H2S.2Sn/c4*1-2-3-4-5-6-7-8-9-10-11-12-13-14-15-16-17-18-19-20-21-22-25(26)27-23-24-28;;;;;/h4*19-20,28H,2-18,21-24H2,1H3;2*1H4;1H2;;/q;;;;;;;2*+2/p-4/b4*20-19+;;;;;. The van der Waals surface area contributed by atoms with Crippen molar-refractivity contribution >= 4 is 136 Å². The van der Waals surface area contributed by atoms with Gasteiger partial charge >= 0.3 is 71.7 Å². The van der Waals surface area contributed by atoms with E-state index in [1.165, 1.54) is 411 Å². The largest absolute Gasteiger partial charge is 2.00 e. The molecule has 4 radical (unpaired) electrons. The van der Waals surface area contributed by atoms with Crippen LogP contribution >= 0.6 is 13.5 Å². The van der Waals surface area contributed by atoms with Crippen molar-refractivity contribution in [2.24, 2.45) is 0 Å². The summed E-state index contributed by atoms with van der Waals surface area (Å²) >= 11 is 19.0. The van der Waals surface area contributed by atoms with Crippen LogP contribution in [0.5, 0.6) is 0 Å². The molecule has 0 aliphatic rings. The molecule has 8 nitrogen and oxygen atoms in total. The molecule has 692 valence electrons. The third-order valence-corrected chi connectivity index (χ3v) is 21.7. The molecule has 117 heavy (non-hydrogen) atoms. The zero-order valence-corrected chi connectivity index (χ0v) is 86.4. The predicted octanol–water partition coefficient (Wildman–Crippen LogP) is 32.9. The van der Waals surface area contributed by atoms with Gasteiger partial charge in [-0.2, -0.15) is 13.5 Å². The molecule has 0 rings (SSSR count). The summed E-state index contributed by atoms with van der Waals surface area (Å²) in [6.07, 6.45) is 117. The van der Waals surface area contributed by atoms with Crippen LogP contribution < -0.4 is 0 Å². The summed E-state index contributed by atoms with van der Waals surface area (Å²) < 4.78 is 19.8. The second kappa shape index (κ2) is 132. The van der Waals surface area contributed by atoms with Crippen molar-refractivity contribution < 1.29 is 38.1 Å². The summed E-state index contributed by atoms with van der Waals surface area (Å²) in [6.45, 7) is 10.6. The van der Waals surface area contributed by atoms with Gasteiger partial charge in [0.25, 0.3) is 0 Å². The molecule has 15 heteroatoms. The molecule has 0 saturated heterocycles. The predicted molar refractivity (Wildman–Crippen MR) is 538 cm³/mol. The number of ether oxygens (including phenoxy) is 4. The van der Waals surface area contributed by atoms with Gasteiger partial charge in [-0.3, -0.25) is 19.2 Å². The van der Waals surface area contributed by atoms with Crippen molar-refractivity contribution in [3.05, 3.63) is 48.6 Å². The molecule has 0 N–H and O–H groups in total. The average molecular weight is 1950 g/mol. The second-order valence-corrected chi connectivity index (χ2v) is 33.7. The molecule has 0 aliphatic heterocycles. The Hall–Kier alpha value is 0.187. The van der Waals surface area contributed by atoms with E-state index in [-0.39, 0.29) is 100 Å². The molecule has 0 heterocycles. The van der Waals surface area contributed by atoms with Crippen LogP contribution in [-0.4, -0.2) is 121 Å². The van der Waals surface area contributed by atoms with Gasteiger partial charge in [-0.05, 0) is 77.0 Å². The van der Waals surface area contributed by atoms with Gasteiger partial charge in [0.2, 0.25) is 0 Å². The summed E-state index contributed by atoms with van der Waals surface area (Å²) in [4.78, 5) is 45.2. The number of hydrogen-bond donors (Lipinski definition) is 0. The van der Waals surface area contributed by atoms with E-state index in [4.69, 9.17) is 69.5 Å². The molecular weight excluding hydrogens is 1750 g/mol. The maximum Gasteiger partial charge on any atom is 2.00 e. The SMILES string of the molecule is C.C.CCCCCCCCCCCCCCCCCC/C=C/CCC(=O)OCC[S-].CCCCCCCCCCCCCCCCCC/C=C/CCC(=O)OCC[S-].CCCCCCCCCCCCCCCCCC/C=C/CCC(=O)OCC[S-].CCCCCCCCCCCCCCCCCC/C=C/CCC(=O)OCC[S-].S.[Sn+2].[Sn+2]. The second-order valence-electron chi connectivity index (χ2n) is 32.1. The fourth-order valence-electron chi connectivity index (χ4n) is 13.9. The van der Waals surface area contributed by atoms with Crippen molar-refractivity contribution in [1.82, 2.24) is 0 Å². The van der Waals surface area contributed by atoms with Crippen LogP contribution in [0, 0.1) is 0 Å². The normalized spacial score (nSPS) is 10.9. The molecule has 0 aliphatic carbocycles. The quantitative estimate of drug-likeness (QED) is 0.0145. The van der Waals surface area contributed by atoms with Gasteiger partial charge in [0.05, 0.1) is 26.4 Å². The van der Waals surface area contributed by atoms with E-state index in [0.29, 0.717) is 75.1 Å². The fourth-order valence-corrected chi connectivity index (χ4v) is 14.2. The topological polar surface area (TPSA) is 105 Å². The van der Waals surface area contributed by atoms with E-state index in [1.807, 2.05) is 0 Å². The van der Waals surface area contributed by atoms with Crippen molar-refractivity contribution in [3.8, 4) is 0 Å². The van der Waals surface area contributed by atoms with E-state index < -0.39 is 0 Å². The maximum atomic E-state index is 11.3. The van der Waals surface area contributed by atoms with Gasteiger partial charge in [0.1, 0.15) is 0 Å². The van der Waals surface area contributed by atoms with E-state index in [0.717, 1.165) is 51.4 Å². The maximum absolute atomic E-state index is 11.3. The van der Waals surface area contributed by atoms with Gasteiger partial charge in [-0.25, -0.2) is 0 Å². The third-order valence-electron chi connectivity index (χ3n) is 21.0. The van der Waals surface area contributed by atoms with Crippen molar-refractivity contribution in [1.29, 1.82) is 0 Å². The summed E-state index contributed by atoms with van der Waals surface area (Å²) in [6, 6.07) is 0. The Balaban J connectivity index is -0.000000187. The number of allylic oxidation sites excluding steroid dienone is 8. The first kappa shape index (κ1) is 135. The molecule has 0 aromatic heterocycles. The fraction of sp³-hybridized carbons (Fsp3) is 0.882. The van der Waals surface area contributed by atoms with Gasteiger partial charge < -0.3 is 69.5 Å². The van der Waals surface area contributed by atoms with E-state index >= 15 is 0 Å². The monoisotopic (exact) mass is 1950 g/mol. The molecule has 0 amide bonds. The summed E-state index contributed by atoms with van der Waals surface area (Å²) in [5.74, 6) is 1.44. The number of carbonyl (C=O) groups excluding carboxylic acids is 4. The van der Waals surface area contributed by atoms with Crippen LogP contribution in [0.4, 0.5) is 0 Å². The van der Waals surface area contributed by atoms with Gasteiger partial charge in [0, 0.05) is 25.7 Å². The molecule has 0 saturated carbocycles. The Labute approximate surface area is 795 Å².